The fourth-order valence-electron chi connectivity index (χ4n) is 6.07. The van der Waals surface area contributed by atoms with Crippen molar-refractivity contribution in [3.8, 4) is 0 Å². The molecule has 2 heterocycles. The summed E-state index contributed by atoms with van der Waals surface area (Å²) in [6.07, 6.45) is 7.10. The van der Waals surface area contributed by atoms with Crippen molar-refractivity contribution in [3.63, 3.8) is 0 Å². The molecular formula is C25H22ClFN2O3. The number of halogens is 2. The lowest BCUT2D eigenvalue weighted by Gasteiger charge is -2.37. The number of hydrogen-bond acceptors (Lipinski definition) is 4. The Bertz CT molecular complexity index is 1110. The van der Waals surface area contributed by atoms with Crippen LogP contribution >= 0.6 is 11.6 Å². The third-order valence-electron chi connectivity index (χ3n) is 7.74. The highest BCUT2D eigenvalue weighted by molar-refractivity contribution is 6.30. The van der Waals surface area contributed by atoms with Gasteiger partial charge in [-0.3, -0.25) is 9.59 Å². The number of allylic oxidation sites excluding steroid dienone is 2. The van der Waals surface area contributed by atoms with Crippen LogP contribution in [0.3, 0.4) is 0 Å². The van der Waals surface area contributed by atoms with Crippen LogP contribution in [-0.4, -0.2) is 21.9 Å². The molecule has 32 heavy (non-hydrogen) atoms. The summed E-state index contributed by atoms with van der Waals surface area (Å²) in [5.74, 6) is 0.541. The van der Waals surface area contributed by atoms with Gasteiger partial charge in [0.2, 0.25) is 11.8 Å². The van der Waals surface area contributed by atoms with Crippen LogP contribution in [0.5, 0.6) is 0 Å². The van der Waals surface area contributed by atoms with Gasteiger partial charge in [0.15, 0.2) is 0 Å². The first-order chi connectivity index (χ1) is 15.4. The van der Waals surface area contributed by atoms with Crippen molar-refractivity contribution < 1.29 is 19.1 Å². The molecule has 5 aliphatic rings. The van der Waals surface area contributed by atoms with E-state index in [-0.39, 0.29) is 40.5 Å². The number of rotatable bonds is 5. The number of anilines is 1. The molecular weight excluding hydrogens is 431 g/mol. The van der Waals surface area contributed by atoms with Crippen molar-refractivity contribution in [2.75, 3.05) is 4.90 Å². The van der Waals surface area contributed by atoms with Gasteiger partial charge in [-0.05, 0) is 72.3 Å². The van der Waals surface area contributed by atoms with Crippen LogP contribution in [-0.2, 0) is 16.0 Å². The minimum Gasteiger partial charge on any atom is -0.388 e. The van der Waals surface area contributed by atoms with Gasteiger partial charge in [-0.2, -0.15) is 0 Å². The van der Waals surface area contributed by atoms with E-state index in [2.05, 4.69) is 17.1 Å². The molecule has 7 atom stereocenters. The van der Waals surface area contributed by atoms with Crippen molar-refractivity contribution in [3.05, 3.63) is 70.6 Å². The Kier molecular flexibility index (Phi) is 4.53. The number of hydrogen-bond donors (Lipinski definition) is 1. The Morgan fingerprint density at radius 3 is 2.38 bits per heavy atom. The molecule has 7 heteroatoms. The van der Waals surface area contributed by atoms with Gasteiger partial charge in [-0.15, -0.1) is 0 Å². The number of aryl methyl sites for hydroxylation is 1. The van der Waals surface area contributed by atoms with Crippen LogP contribution in [0, 0.1) is 41.3 Å². The van der Waals surface area contributed by atoms with Gasteiger partial charge in [0.1, 0.15) is 11.6 Å². The molecule has 164 valence electrons. The topological polar surface area (TPSA) is 70.5 Å². The maximum Gasteiger partial charge on any atom is 0.239 e. The summed E-state index contributed by atoms with van der Waals surface area (Å²) in [5, 5.41) is 10.6. The number of carbonyl (C=O) groups excluding carboxylic acids is 2. The molecule has 2 bridgehead atoms. The molecule has 1 aromatic heterocycles. The van der Waals surface area contributed by atoms with E-state index >= 15 is 0 Å². The fraction of sp³-hybridized carbons (Fsp3) is 0.400. The summed E-state index contributed by atoms with van der Waals surface area (Å²) in [7, 11) is 0. The molecule has 0 spiro atoms. The lowest BCUT2D eigenvalue weighted by atomic mass is 9.63. The first kappa shape index (κ1) is 20.1. The summed E-state index contributed by atoms with van der Waals surface area (Å²) in [5.41, 5.74) is 1.43. The molecule has 1 aromatic carbocycles. The lowest BCUT2D eigenvalue weighted by Crippen LogP contribution is -2.40. The second-order valence-corrected chi connectivity index (χ2v) is 9.83. The van der Waals surface area contributed by atoms with E-state index in [1.54, 1.807) is 24.3 Å². The van der Waals surface area contributed by atoms with Crippen LogP contribution in [0.4, 0.5) is 10.2 Å². The number of carbonyl (C=O) groups is 2. The van der Waals surface area contributed by atoms with Crippen molar-refractivity contribution in [1.29, 1.82) is 0 Å². The van der Waals surface area contributed by atoms with Crippen molar-refractivity contribution in [2.24, 2.45) is 35.5 Å². The fourth-order valence-corrected chi connectivity index (χ4v) is 6.28. The maximum absolute atomic E-state index is 13.3. The van der Waals surface area contributed by atoms with Crippen LogP contribution in [0.25, 0.3) is 0 Å². The molecule has 4 aliphatic carbocycles. The van der Waals surface area contributed by atoms with Gasteiger partial charge in [-0.1, -0.05) is 35.9 Å². The standard InChI is InChI=1S/C25H22ClFN2O3/c26-18-9-12(1-6-19(18)27)2-7-20(30)13-3-8-21(28-11-13)29-24(31)22-14-4-5-15(17-10-16(14)17)23(22)25(29)32/h1,3-6,8-9,11,14-17,20,22-23,30H,2,7,10H2. The quantitative estimate of drug-likeness (QED) is 0.547. The Morgan fingerprint density at radius 2 is 1.78 bits per heavy atom. The average molecular weight is 453 g/mol. The third kappa shape index (κ3) is 2.96. The zero-order valence-corrected chi connectivity index (χ0v) is 18.0. The molecule has 2 aromatic rings. The maximum atomic E-state index is 13.3. The Labute approximate surface area is 189 Å². The Morgan fingerprint density at radius 1 is 1.09 bits per heavy atom. The summed E-state index contributed by atoms with van der Waals surface area (Å²) in [6, 6.07) is 7.85. The van der Waals surface area contributed by atoms with E-state index < -0.39 is 11.9 Å². The Hall–Kier alpha value is -2.57. The second-order valence-electron chi connectivity index (χ2n) is 9.42. The van der Waals surface area contributed by atoms with Gasteiger partial charge >= 0.3 is 0 Å². The summed E-state index contributed by atoms with van der Waals surface area (Å²) >= 11 is 5.82. The zero-order valence-electron chi connectivity index (χ0n) is 17.2. The van der Waals surface area contributed by atoms with Gasteiger partial charge in [0, 0.05) is 6.20 Å². The normalized spacial score (nSPS) is 32.8. The highest BCUT2D eigenvalue weighted by atomic mass is 35.5. The number of imide groups is 1. The van der Waals surface area contributed by atoms with E-state index in [0.717, 1.165) is 12.0 Å². The monoisotopic (exact) mass is 452 g/mol. The largest absolute Gasteiger partial charge is 0.388 e. The van der Waals surface area contributed by atoms with Crippen LogP contribution < -0.4 is 4.90 Å². The molecule has 2 saturated carbocycles. The van der Waals surface area contributed by atoms with Crippen LogP contribution in [0.2, 0.25) is 5.02 Å². The molecule has 7 rings (SSSR count). The zero-order chi connectivity index (χ0) is 22.1. The van der Waals surface area contributed by atoms with E-state index in [4.69, 9.17) is 11.6 Å². The number of amides is 2. The molecule has 3 fully saturated rings. The lowest BCUT2D eigenvalue weighted by molar-refractivity contribution is -0.124. The molecule has 7 unspecified atom stereocenters. The van der Waals surface area contributed by atoms with Gasteiger partial charge in [0.25, 0.3) is 0 Å². The highest BCUT2D eigenvalue weighted by Gasteiger charge is 2.67. The van der Waals surface area contributed by atoms with Crippen LogP contribution in [0.1, 0.15) is 30.1 Å². The van der Waals surface area contributed by atoms with E-state index in [1.807, 2.05) is 0 Å². The average Bonchev–Trinajstić information content (AvgIpc) is 3.58. The smallest absolute Gasteiger partial charge is 0.239 e. The van der Waals surface area contributed by atoms with Gasteiger partial charge < -0.3 is 5.11 Å². The number of aromatic nitrogens is 1. The highest BCUT2D eigenvalue weighted by Crippen LogP contribution is 2.65. The number of aliphatic hydroxyl groups is 1. The molecule has 1 aliphatic heterocycles. The minimum absolute atomic E-state index is 0.0597. The van der Waals surface area contributed by atoms with E-state index in [9.17, 15) is 19.1 Å². The molecule has 1 N–H and O–H groups in total. The molecule has 1 saturated heterocycles. The molecule has 0 radical (unpaired) electrons. The Balaban J connectivity index is 1.16. The van der Waals surface area contributed by atoms with Gasteiger partial charge in [-0.25, -0.2) is 14.3 Å². The predicted octanol–water partition coefficient (Wildman–Crippen LogP) is 4.10. The van der Waals surface area contributed by atoms with Crippen LogP contribution in [0.15, 0.2) is 48.7 Å². The van der Waals surface area contributed by atoms with Crippen molar-refractivity contribution in [1.82, 2.24) is 4.98 Å². The number of benzene rings is 1. The summed E-state index contributed by atoms with van der Waals surface area (Å²) in [6.45, 7) is 0. The second kappa shape index (κ2) is 7.22. The van der Waals surface area contributed by atoms with Crippen molar-refractivity contribution in [2.45, 2.75) is 25.4 Å². The van der Waals surface area contributed by atoms with Gasteiger partial charge in [0.05, 0.1) is 23.0 Å². The SMILES string of the molecule is O=C1C2C3C=CC(C4CC34)C2C(=O)N1c1ccc(C(O)CCc2ccc(F)c(Cl)c2)cn1. The third-order valence-corrected chi connectivity index (χ3v) is 8.03. The molecule has 2 amide bonds. The number of nitrogens with zero attached hydrogens (tertiary/aromatic N) is 2. The minimum atomic E-state index is -0.778. The predicted molar refractivity (Wildman–Crippen MR) is 116 cm³/mol. The number of pyridine rings is 1. The molecule has 5 nitrogen and oxygen atoms in total. The number of aliphatic hydroxyl groups excluding tert-OH is 1. The summed E-state index contributed by atoms with van der Waals surface area (Å²) in [4.78, 5) is 32.0. The first-order valence-corrected chi connectivity index (χ1v) is 11.5. The summed E-state index contributed by atoms with van der Waals surface area (Å²) < 4.78 is 13.3. The van der Waals surface area contributed by atoms with Crippen molar-refractivity contribution >= 4 is 29.2 Å². The first-order valence-electron chi connectivity index (χ1n) is 11.1. The van der Waals surface area contributed by atoms with E-state index in [1.165, 1.54) is 17.2 Å². The van der Waals surface area contributed by atoms with E-state index in [0.29, 0.717) is 36.1 Å².